The second kappa shape index (κ2) is 5.05. The van der Waals surface area contributed by atoms with Crippen molar-refractivity contribution in [3.63, 3.8) is 0 Å². The Hall–Kier alpha value is -2.96. The van der Waals surface area contributed by atoms with E-state index in [1.807, 2.05) is 0 Å². The van der Waals surface area contributed by atoms with Crippen LogP contribution in [0.4, 0.5) is 13.2 Å². The number of alkyl halides is 3. The number of fused-ring (bicyclic) bond motifs is 3. The SMILES string of the molecule is O=C(Oc1cccc2c1c(O)c(O)c1ccccc12)C(F)(F)F. The number of halogens is 3. The fourth-order valence-corrected chi connectivity index (χ4v) is 2.41. The monoisotopic (exact) mass is 322 g/mol. The molecule has 0 aromatic heterocycles. The Morgan fingerprint density at radius 3 is 2.13 bits per heavy atom. The molecule has 118 valence electrons. The topological polar surface area (TPSA) is 66.8 Å². The van der Waals surface area contributed by atoms with E-state index in [9.17, 15) is 28.2 Å². The van der Waals surface area contributed by atoms with Gasteiger partial charge < -0.3 is 14.9 Å². The average Bonchev–Trinajstić information content (AvgIpc) is 2.51. The Morgan fingerprint density at radius 1 is 0.870 bits per heavy atom. The summed E-state index contributed by atoms with van der Waals surface area (Å²) in [7, 11) is 0. The van der Waals surface area contributed by atoms with Crippen molar-refractivity contribution >= 4 is 27.5 Å². The molecule has 0 bridgehead atoms. The maximum atomic E-state index is 12.4. The summed E-state index contributed by atoms with van der Waals surface area (Å²) in [5.41, 5.74) is 0. The minimum absolute atomic E-state index is 0.165. The van der Waals surface area contributed by atoms with Gasteiger partial charge >= 0.3 is 12.1 Å². The van der Waals surface area contributed by atoms with Crippen molar-refractivity contribution in [1.82, 2.24) is 0 Å². The van der Waals surface area contributed by atoms with Gasteiger partial charge in [-0.25, -0.2) is 4.79 Å². The number of carbonyl (C=O) groups excluding carboxylic acids is 1. The van der Waals surface area contributed by atoms with Gasteiger partial charge in [-0.05, 0) is 16.8 Å². The number of phenolic OH excluding ortho intramolecular Hbond substituents is 2. The van der Waals surface area contributed by atoms with Crippen molar-refractivity contribution < 1.29 is 32.9 Å². The lowest BCUT2D eigenvalue weighted by Crippen LogP contribution is -2.28. The standard InChI is InChI=1S/C16H9F3O4/c17-16(18,19)15(22)23-11-7-3-6-9-8-4-1-2-5-10(8)13(20)14(21)12(9)11/h1-7,20-21H. The molecule has 0 amide bonds. The maximum Gasteiger partial charge on any atom is 0.491 e. The van der Waals surface area contributed by atoms with Crippen LogP contribution in [0.25, 0.3) is 21.5 Å². The Kier molecular flexibility index (Phi) is 3.28. The van der Waals surface area contributed by atoms with Gasteiger partial charge in [-0.15, -0.1) is 0 Å². The molecular formula is C16H9F3O4. The molecule has 0 saturated carbocycles. The maximum absolute atomic E-state index is 12.4. The van der Waals surface area contributed by atoms with E-state index in [4.69, 9.17) is 0 Å². The van der Waals surface area contributed by atoms with E-state index >= 15 is 0 Å². The van der Waals surface area contributed by atoms with Crippen LogP contribution in [0.5, 0.6) is 17.2 Å². The van der Waals surface area contributed by atoms with Crippen LogP contribution >= 0.6 is 0 Å². The number of phenols is 2. The average molecular weight is 322 g/mol. The van der Waals surface area contributed by atoms with E-state index in [2.05, 4.69) is 4.74 Å². The van der Waals surface area contributed by atoms with Gasteiger partial charge in [0.2, 0.25) is 0 Å². The number of hydrogen-bond donors (Lipinski definition) is 2. The first-order valence-corrected chi connectivity index (χ1v) is 6.45. The molecule has 0 unspecified atom stereocenters. The molecule has 3 rings (SSSR count). The van der Waals surface area contributed by atoms with E-state index in [0.717, 1.165) is 6.07 Å². The number of aromatic hydroxyl groups is 2. The van der Waals surface area contributed by atoms with Crippen LogP contribution in [0, 0.1) is 0 Å². The first-order chi connectivity index (χ1) is 10.8. The molecule has 0 aliphatic heterocycles. The van der Waals surface area contributed by atoms with Gasteiger partial charge in [0.15, 0.2) is 11.5 Å². The summed E-state index contributed by atoms with van der Waals surface area (Å²) in [6.45, 7) is 0. The van der Waals surface area contributed by atoms with E-state index in [0.29, 0.717) is 16.2 Å². The summed E-state index contributed by atoms with van der Waals surface area (Å²) in [5.74, 6) is -4.03. The number of rotatable bonds is 1. The smallest absolute Gasteiger partial charge is 0.491 e. The third-order valence-electron chi connectivity index (χ3n) is 3.39. The highest BCUT2D eigenvalue weighted by Crippen LogP contribution is 2.45. The van der Waals surface area contributed by atoms with Crippen molar-refractivity contribution in [2.75, 3.05) is 0 Å². The largest absolute Gasteiger partial charge is 0.504 e. The van der Waals surface area contributed by atoms with Crippen LogP contribution in [0.2, 0.25) is 0 Å². The molecule has 4 nitrogen and oxygen atoms in total. The van der Waals surface area contributed by atoms with Crippen LogP contribution < -0.4 is 4.74 Å². The summed E-state index contributed by atoms with van der Waals surface area (Å²) in [6, 6.07) is 10.5. The van der Waals surface area contributed by atoms with Gasteiger partial charge in [-0.3, -0.25) is 0 Å². The third kappa shape index (κ3) is 2.40. The first-order valence-electron chi connectivity index (χ1n) is 6.45. The molecule has 0 aliphatic carbocycles. The van der Waals surface area contributed by atoms with Crippen LogP contribution in [0.3, 0.4) is 0 Å². The summed E-state index contributed by atoms with van der Waals surface area (Å²) in [6.07, 6.45) is -5.17. The van der Waals surface area contributed by atoms with Gasteiger partial charge in [0.05, 0.1) is 5.39 Å². The predicted molar refractivity (Wildman–Crippen MR) is 76.5 cm³/mol. The Morgan fingerprint density at radius 2 is 1.48 bits per heavy atom. The van der Waals surface area contributed by atoms with Crippen molar-refractivity contribution in [3.8, 4) is 17.2 Å². The fourth-order valence-electron chi connectivity index (χ4n) is 2.41. The molecule has 0 heterocycles. The summed E-state index contributed by atoms with van der Waals surface area (Å²) in [5, 5.41) is 21.2. The highest BCUT2D eigenvalue weighted by atomic mass is 19.4. The minimum Gasteiger partial charge on any atom is -0.504 e. The Bertz CT molecular complexity index is 932. The molecule has 7 heteroatoms. The molecule has 0 fully saturated rings. The van der Waals surface area contributed by atoms with Crippen molar-refractivity contribution in [2.45, 2.75) is 6.18 Å². The summed E-state index contributed by atoms with van der Waals surface area (Å²) < 4.78 is 41.5. The fraction of sp³-hybridized carbons (Fsp3) is 0.0625. The molecule has 2 N–H and O–H groups in total. The molecule has 0 atom stereocenters. The molecular weight excluding hydrogens is 313 g/mol. The molecule has 0 saturated heterocycles. The van der Waals surface area contributed by atoms with E-state index in [1.54, 1.807) is 30.3 Å². The van der Waals surface area contributed by atoms with E-state index in [1.165, 1.54) is 6.07 Å². The number of carbonyl (C=O) groups is 1. The van der Waals surface area contributed by atoms with Crippen LogP contribution in [0.1, 0.15) is 0 Å². The number of hydrogen-bond acceptors (Lipinski definition) is 4. The van der Waals surface area contributed by atoms with Gasteiger partial charge in [0.1, 0.15) is 5.75 Å². The number of benzene rings is 3. The Balaban J connectivity index is 2.32. The second-order valence-electron chi connectivity index (χ2n) is 4.81. The predicted octanol–water partition coefficient (Wildman–Crippen LogP) is 3.87. The zero-order chi connectivity index (χ0) is 16.8. The molecule has 3 aromatic rings. The zero-order valence-corrected chi connectivity index (χ0v) is 11.4. The van der Waals surface area contributed by atoms with Crippen LogP contribution in [-0.4, -0.2) is 22.4 Å². The quantitative estimate of drug-likeness (QED) is 0.309. The molecule has 0 radical (unpaired) electrons. The number of esters is 1. The summed E-state index contributed by atoms with van der Waals surface area (Å²) in [4.78, 5) is 11.0. The minimum atomic E-state index is -5.17. The third-order valence-corrected chi connectivity index (χ3v) is 3.39. The van der Waals surface area contributed by atoms with Crippen molar-refractivity contribution in [3.05, 3.63) is 42.5 Å². The highest BCUT2D eigenvalue weighted by Gasteiger charge is 2.41. The van der Waals surface area contributed by atoms with Gasteiger partial charge in [-0.2, -0.15) is 13.2 Å². The van der Waals surface area contributed by atoms with Crippen molar-refractivity contribution in [2.24, 2.45) is 0 Å². The number of ether oxygens (including phenoxy) is 1. The molecule has 0 spiro atoms. The van der Waals surface area contributed by atoms with Crippen molar-refractivity contribution in [1.29, 1.82) is 0 Å². The normalized spacial score (nSPS) is 11.8. The zero-order valence-electron chi connectivity index (χ0n) is 11.4. The molecule has 23 heavy (non-hydrogen) atoms. The van der Waals surface area contributed by atoms with E-state index < -0.39 is 29.4 Å². The lowest BCUT2D eigenvalue weighted by molar-refractivity contribution is -0.189. The van der Waals surface area contributed by atoms with Gasteiger partial charge in [-0.1, -0.05) is 36.4 Å². The van der Waals surface area contributed by atoms with Crippen LogP contribution in [0.15, 0.2) is 42.5 Å². The highest BCUT2D eigenvalue weighted by molar-refractivity contribution is 6.15. The molecule has 3 aromatic carbocycles. The molecule has 0 aliphatic rings. The first kappa shape index (κ1) is 15.0. The van der Waals surface area contributed by atoms with E-state index in [-0.39, 0.29) is 5.39 Å². The van der Waals surface area contributed by atoms with Gasteiger partial charge in [0, 0.05) is 5.39 Å². The summed E-state index contributed by atoms with van der Waals surface area (Å²) >= 11 is 0. The second-order valence-corrected chi connectivity index (χ2v) is 4.81. The van der Waals surface area contributed by atoms with Crippen LogP contribution in [-0.2, 0) is 4.79 Å². The lowest BCUT2D eigenvalue weighted by Gasteiger charge is -2.13. The lowest BCUT2D eigenvalue weighted by atomic mass is 9.99. The Labute approximate surface area is 127 Å². The van der Waals surface area contributed by atoms with Gasteiger partial charge in [0.25, 0.3) is 0 Å².